The van der Waals surface area contributed by atoms with Gasteiger partial charge in [0.25, 0.3) is 0 Å². The average Bonchev–Trinajstić information content (AvgIpc) is 3.08. The molecule has 0 spiro atoms. The van der Waals surface area contributed by atoms with E-state index in [4.69, 9.17) is 0 Å². The van der Waals surface area contributed by atoms with Crippen LogP contribution in [0.3, 0.4) is 0 Å². The average molecular weight is 635 g/mol. The minimum atomic E-state index is 0.271. The van der Waals surface area contributed by atoms with Crippen molar-refractivity contribution in [2.75, 3.05) is 11.4 Å². The summed E-state index contributed by atoms with van der Waals surface area (Å²) in [6.45, 7) is 26.3. The largest absolute Gasteiger partial charge is 0.364 e. The van der Waals surface area contributed by atoms with Crippen molar-refractivity contribution in [3.05, 3.63) is 100 Å². The molecule has 254 valence electrons. The molecule has 47 heavy (non-hydrogen) atoms. The minimum Gasteiger partial charge on any atom is -0.364 e. The zero-order valence-electron chi connectivity index (χ0n) is 30.9. The maximum absolute atomic E-state index is 13.4. The van der Waals surface area contributed by atoms with Gasteiger partial charge in [-0.25, -0.2) is 0 Å². The number of ketones is 1. The molecule has 1 unspecified atom stereocenters. The number of rotatable bonds is 14. The number of hydrogen-bond donors (Lipinski definition) is 0. The summed E-state index contributed by atoms with van der Waals surface area (Å²) in [5, 5.41) is 0. The summed E-state index contributed by atoms with van der Waals surface area (Å²) < 4.78 is 0. The first-order valence-corrected chi connectivity index (χ1v) is 18.4. The molecular weight excluding hydrogens is 572 g/mol. The Balaban J connectivity index is 0.00000294. The Morgan fingerprint density at radius 1 is 1.02 bits per heavy atom. The molecule has 0 N–H and O–H groups in total. The highest BCUT2D eigenvalue weighted by Crippen LogP contribution is 2.37. The molecule has 0 radical (unpaired) electrons. The van der Waals surface area contributed by atoms with Crippen LogP contribution in [0.1, 0.15) is 131 Å². The van der Waals surface area contributed by atoms with E-state index in [0.29, 0.717) is 24.3 Å². The van der Waals surface area contributed by atoms with Gasteiger partial charge in [-0.2, -0.15) is 0 Å². The molecule has 2 atom stereocenters. The lowest BCUT2D eigenvalue weighted by Gasteiger charge is -2.40. The van der Waals surface area contributed by atoms with Gasteiger partial charge in [-0.3, -0.25) is 9.79 Å². The number of aryl methyl sites for hydroxylation is 3. The van der Waals surface area contributed by atoms with E-state index < -0.39 is 0 Å². The lowest BCUT2D eigenvalue weighted by molar-refractivity contribution is 0.0974. The summed E-state index contributed by atoms with van der Waals surface area (Å²) >= 11 is 0. The first-order chi connectivity index (χ1) is 22.6. The fraction of sp³-hybridized carbons (Fsp3) is 0.523. The van der Waals surface area contributed by atoms with E-state index >= 15 is 0 Å². The zero-order chi connectivity index (χ0) is 34.5. The number of carbonyl (C=O) groups excluding carboxylic acids is 1. The van der Waals surface area contributed by atoms with Crippen LogP contribution in [0.4, 0.5) is 5.69 Å². The highest BCUT2D eigenvalue weighted by molar-refractivity contribution is 5.99. The molecule has 0 bridgehead atoms. The molecule has 2 aliphatic rings. The summed E-state index contributed by atoms with van der Waals surface area (Å²) in [6, 6.07) is 13.9. The lowest BCUT2D eigenvalue weighted by Crippen LogP contribution is -2.40. The van der Waals surface area contributed by atoms with Gasteiger partial charge in [-0.15, -0.1) is 5.73 Å². The fourth-order valence-corrected chi connectivity index (χ4v) is 7.42. The predicted molar refractivity (Wildman–Crippen MR) is 206 cm³/mol. The lowest BCUT2D eigenvalue weighted by atomic mass is 9.76. The SMILES string of the molecule is C=C=C(C(=C)C(C)CC)c1cc(C)c(C(=O)CCC[C@@H](C)C2CCC(N(CC3=CN=CCC3)c3ccc(C)cc3)CC2)c(C)c1.CC. The Morgan fingerprint density at radius 2 is 1.66 bits per heavy atom. The van der Waals surface area contributed by atoms with Gasteiger partial charge >= 0.3 is 0 Å². The Morgan fingerprint density at radius 3 is 2.21 bits per heavy atom. The fourth-order valence-electron chi connectivity index (χ4n) is 7.42. The van der Waals surface area contributed by atoms with Crippen LogP contribution in [0, 0.1) is 38.5 Å². The Kier molecular flexibility index (Phi) is 15.2. The number of anilines is 1. The van der Waals surface area contributed by atoms with Crippen molar-refractivity contribution in [1.29, 1.82) is 0 Å². The van der Waals surface area contributed by atoms with Crippen molar-refractivity contribution >= 4 is 23.3 Å². The second kappa shape index (κ2) is 18.8. The number of carbonyl (C=O) groups is 1. The van der Waals surface area contributed by atoms with Crippen molar-refractivity contribution in [2.24, 2.45) is 22.7 Å². The van der Waals surface area contributed by atoms with Crippen LogP contribution in [0.25, 0.3) is 5.57 Å². The summed E-state index contributed by atoms with van der Waals surface area (Å²) in [5.74, 6) is 2.01. The van der Waals surface area contributed by atoms with E-state index in [-0.39, 0.29) is 5.78 Å². The van der Waals surface area contributed by atoms with Gasteiger partial charge in [0, 0.05) is 48.2 Å². The van der Waals surface area contributed by atoms with Crippen LogP contribution in [-0.2, 0) is 0 Å². The standard InChI is InChI=1S/C42H56N2O.C2H6/c1-9-30(4)34(8)40(10-2)37-25-32(6)42(33(7)26-37)41(45)15-11-13-31(5)36-18-22-39(23-19-36)44(28-35-14-12-24-43-27-35)38-20-16-29(3)17-21-38;1-2/h16-17,20-21,24-27,30-31,36,39H,2,8-9,11-15,18-19,22-23,28H2,1,3-7H3;1-2H3/t30?,31-,36?,39?;/m1./s1. The third kappa shape index (κ3) is 10.3. The van der Waals surface area contributed by atoms with Crippen LogP contribution in [-0.4, -0.2) is 24.6 Å². The molecule has 1 heterocycles. The molecule has 3 nitrogen and oxygen atoms in total. The van der Waals surface area contributed by atoms with Gasteiger partial charge in [0.05, 0.1) is 0 Å². The Bertz CT molecular complexity index is 1420. The maximum Gasteiger partial charge on any atom is 0.163 e. The molecule has 3 heteroatoms. The smallest absolute Gasteiger partial charge is 0.163 e. The molecule has 1 aliphatic heterocycles. The van der Waals surface area contributed by atoms with E-state index in [9.17, 15) is 4.79 Å². The Labute approximate surface area is 287 Å². The molecule has 1 aliphatic carbocycles. The van der Waals surface area contributed by atoms with Crippen LogP contribution in [0.2, 0.25) is 0 Å². The van der Waals surface area contributed by atoms with E-state index in [1.165, 1.54) is 42.5 Å². The van der Waals surface area contributed by atoms with E-state index in [1.54, 1.807) is 0 Å². The number of hydrogen-bond acceptors (Lipinski definition) is 3. The molecule has 4 rings (SSSR count). The van der Waals surface area contributed by atoms with E-state index in [1.807, 2.05) is 20.1 Å². The van der Waals surface area contributed by atoms with Crippen LogP contribution in [0.15, 0.2) is 77.6 Å². The van der Waals surface area contributed by atoms with Gasteiger partial charge in [0.15, 0.2) is 5.78 Å². The first-order valence-electron chi connectivity index (χ1n) is 18.4. The van der Waals surface area contributed by atoms with Crippen LogP contribution >= 0.6 is 0 Å². The second-order valence-corrected chi connectivity index (χ2v) is 13.9. The highest BCUT2D eigenvalue weighted by Gasteiger charge is 2.29. The molecular formula is C44H62N2O. The topological polar surface area (TPSA) is 32.7 Å². The van der Waals surface area contributed by atoms with Gasteiger partial charge < -0.3 is 4.90 Å². The molecule has 2 aromatic carbocycles. The molecule has 0 aromatic heterocycles. The number of aliphatic imine (C=N–C) groups is 1. The van der Waals surface area contributed by atoms with E-state index in [2.05, 4.69) is 113 Å². The first kappa shape index (κ1) is 38.0. The van der Waals surface area contributed by atoms with Gasteiger partial charge in [0.2, 0.25) is 0 Å². The molecule has 0 saturated heterocycles. The number of benzene rings is 2. The summed E-state index contributed by atoms with van der Waals surface area (Å²) in [4.78, 5) is 20.5. The zero-order valence-corrected chi connectivity index (χ0v) is 30.9. The molecule has 1 saturated carbocycles. The molecule has 1 fully saturated rings. The van der Waals surface area contributed by atoms with Crippen molar-refractivity contribution in [2.45, 2.75) is 126 Å². The third-order valence-corrected chi connectivity index (χ3v) is 10.6. The highest BCUT2D eigenvalue weighted by atomic mass is 16.1. The normalized spacial score (nSPS) is 18.6. The monoisotopic (exact) mass is 634 g/mol. The molecule has 2 aromatic rings. The summed E-state index contributed by atoms with van der Waals surface area (Å²) in [7, 11) is 0. The summed E-state index contributed by atoms with van der Waals surface area (Å²) in [5.41, 5.74) is 13.3. The van der Waals surface area contributed by atoms with E-state index in [0.717, 1.165) is 78.0 Å². The maximum atomic E-state index is 13.4. The minimum absolute atomic E-state index is 0.271. The number of Topliss-reactive ketones (excluding diaryl/α,β-unsaturated/α-hetero) is 1. The predicted octanol–water partition coefficient (Wildman–Crippen LogP) is 12.2. The number of nitrogens with zero attached hydrogens (tertiary/aromatic N) is 2. The number of allylic oxidation sites excluding steroid dienone is 2. The van der Waals surface area contributed by atoms with Crippen LogP contribution < -0.4 is 4.90 Å². The van der Waals surface area contributed by atoms with Crippen molar-refractivity contribution in [3.8, 4) is 0 Å². The van der Waals surface area contributed by atoms with Crippen LogP contribution in [0.5, 0.6) is 0 Å². The van der Waals surface area contributed by atoms with Gasteiger partial charge in [-0.1, -0.05) is 84.0 Å². The van der Waals surface area contributed by atoms with Gasteiger partial charge in [0.1, 0.15) is 0 Å². The molecule has 0 amide bonds. The second-order valence-electron chi connectivity index (χ2n) is 13.9. The van der Waals surface area contributed by atoms with Crippen molar-refractivity contribution in [3.63, 3.8) is 0 Å². The quantitative estimate of drug-likeness (QED) is 0.118. The van der Waals surface area contributed by atoms with Gasteiger partial charge in [-0.05, 0) is 130 Å². The Hall–Kier alpha value is -3.42. The summed E-state index contributed by atoms with van der Waals surface area (Å²) in [6.07, 6.45) is 15.0. The van der Waals surface area contributed by atoms with Crippen molar-refractivity contribution < 1.29 is 4.79 Å². The third-order valence-electron chi connectivity index (χ3n) is 10.6. The van der Waals surface area contributed by atoms with Crippen molar-refractivity contribution in [1.82, 2.24) is 0 Å².